The van der Waals surface area contributed by atoms with E-state index in [0.29, 0.717) is 11.1 Å². The Morgan fingerprint density at radius 1 is 1.29 bits per heavy atom. The molecule has 1 aromatic heterocycles. The van der Waals surface area contributed by atoms with Crippen molar-refractivity contribution in [3.63, 3.8) is 0 Å². The van der Waals surface area contributed by atoms with E-state index in [9.17, 15) is 22.8 Å². The fourth-order valence-electron chi connectivity index (χ4n) is 2.51. The van der Waals surface area contributed by atoms with Gasteiger partial charge in [0.15, 0.2) is 0 Å². The van der Waals surface area contributed by atoms with Gasteiger partial charge in [-0.15, -0.1) is 0 Å². The number of hydrogen-bond acceptors (Lipinski definition) is 6. The summed E-state index contributed by atoms with van der Waals surface area (Å²) in [4.78, 5) is 32.4. The largest absolute Gasteiger partial charge is 0.471 e. The first kappa shape index (κ1) is 19.8. The standard InChI is InChI=1S/C17H17F3N4O4/c1-27-24(15(26)14(25)21-12-3-2-4-12)9-10-5-7-11(8-6-10)13-22-16(28-23-13)17(18,19)20/h5-8,12H,2-4,9H2,1H3,(H,21,25). The summed E-state index contributed by atoms with van der Waals surface area (Å²) in [7, 11) is 1.26. The summed E-state index contributed by atoms with van der Waals surface area (Å²) >= 11 is 0. The van der Waals surface area contributed by atoms with Crippen LogP contribution < -0.4 is 5.32 Å². The average Bonchev–Trinajstić information content (AvgIpc) is 3.13. The third-order valence-electron chi connectivity index (χ3n) is 4.29. The highest BCUT2D eigenvalue weighted by Gasteiger charge is 2.38. The van der Waals surface area contributed by atoms with E-state index in [1.165, 1.54) is 19.2 Å². The summed E-state index contributed by atoms with van der Waals surface area (Å²) in [5.41, 5.74) is 0.899. The number of nitrogens with zero attached hydrogens (tertiary/aromatic N) is 3. The van der Waals surface area contributed by atoms with Gasteiger partial charge in [-0.1, -0.05) is 29.4 Å². The van der Waals surface area contributed by atoms with Crippen molar-refractivity contribution < 1.29 is 32.1 Å². The van der Waals surface area contributed by atoms with Crippen molar-refractivity contribution >= 4 is 11.8 Å². The number of amides is 2. The van der Waals surface area contributed by atoms with Crippen LogP contribution in [0.2, 0.25) is 0 Å². The summed E-state index contributed by atoms with van der Waals surface area (Å²) in [5.74, 6) is -3.21. The molecular formula is C17H17F3N4O4. The van der Waals surface area contributed by atoms with E-state index in [0.717, 1.165) is 24.3 Å². The van der Waals surface area contributed by atoms with Gasteiger partial charge in [0, 0.05) is 11.6 Å². The van der Waals surface area contributed by atoms with E-state index in [1.54, 1.807) is 12.1 Å². The quantitative estimate of drug-likeness (QED) is 0.613. The van der Waals surface area contributed by atoms with Crippen molar-refractivity contribution in [2.45, 2.75) is 38.0 Å². The van der Waals surface area contributed by atoms with E-state index < -0.39 is 23.9 Å². The molecule has 8 nitrogen and oxygen atoms in total. The summed E-state index contributed by atoms with van der Waals surface area (Å²) in [5, 5.41) is 6.84. The molecule has 1 aliphatic rings. The van der Waals surface area contributed by atoms with Crippen LogP contribution in [0.3, 0.4) is 0 Å². The van der Waals surface area contributed by atoms with Gasteiger partial charge in [0.1, 0.15) is 0 Å². The number of hydrogen-bond donors (Lipinski definition) is 1. The molecule has 28 heavy (non-hydrogen) atoms. The lowest BCUT2D eigenvalue weighted by molar-refractivity contribution is -0.182. The van der Waals surface area contributed by atoms with Crippen molar-refractivity contribution in [2.75, 3.05) is 7.11 Å². The fourth-order valence-corrected chi connectivity index (χ4v) is 2.51. The van der Waals surface area contributed by atoms with E-state index in [-0.39, 0.29) is 18.4 Å². The third kappa shape index (κ3) is 4.47. The number of alkyl halides is 3. The minimum atomic E-state index is -4.72. The van der Waals surface area contributed by atoms with Crippen molar-refractivity contribution in [1.29, 1.82) is 0 Å². The Morgan fingerprint density at radius 2 is 1.96 bits per heavy atom. The predicted octanol–water partition coefficient (Wildman–Crippen LogP) is 2.31. The summed E-state index contributed by atoms with van der Waals surface area (Å²) in [6.07, 6.45) is -2.01. The zero-order valence-corrected chi connectivity index (χ0v) is 14.8. The zero-order chi connectivity index (χ0) is 20.3. The maximum absolute atomic E-state index is 12.5. The first-order valence-corrected chi connectivity index (χ1v) is 8.44. The van der Waals surface area contributed by atoms with Crippen LogP contribution in [0.1, 0.15) is 30.7 Å². The first-order chi connectivity index (χ1) is 13.3. The van der Waals surface area contributed by atoms with Crippen LogP contribution in [0, 0.1) is 0 Å². The molecule has 0 bridgehead atoms. The molecule has 0 radical (unpaired) electrons. The minimum Gasteiger partial charge on any atom is -0.345 e. The maximum atomic E-state index is 12.5. The number of aromatic nitrogens is 2. The topological polar surface area (TPSA) is 97.6 Å². The second-order valence-corrected chi connectivity index (χ2v) is 6.24. The lowest BCUT2D eigenvalue weighted by Crippen LogP contribution is -2.48. The molecule has 0 unspecified atom stereocenters. The minimum absolute atomic E-state index is 0.0194. The first-order valence-electron chi connectivity index (χ1n) is 8.44. The molecule has 1 N–H and O–H groups in total. The van der Waals surface area contributed by atoms with Crippen LogP contribution in [-0.2, 0) is 27.1 Å². The Labute approximate surface area is 157 Å². The highest BCUT2D eigenvalue weighted by atomic mass is 19.4. The molecular weight excluding hydrogens is 381 g/mol. The lowest BCUT2D eigenvalue weighted by atomic mass is 9.93. The maximum Gasteiger partial charge on any atom is 0.471 e. The van der Waals surface area contributed by atoms with Crippen molar-refractivity contribution in [3.05, 3.63) is 35.7 Å². The molecule has 0 saturated heterocycles. The monoisotopic (exact) mass is 398 g/mol. The molecule has 0 aliphatic heterocycles. The number of carbonyl (C=O) groups excluding carboxylic acids is 2. The molecule has 2 amide bonds. The molecule has 0 atom stereocenters. The Bertz CT molecular complexity index is 847. The number of carbonyl (C=O) groups is 2. The van der Waals surface area contributed by atoms with Crippen LogP contribution >= 0.6 is 0 Å². The Hall–Kier alpha value is -2.95. The van der Waals surface area contributed by atoms with Gasteiger partial charge in [-0.05, 0) is 24.8 Å². The van der Waals surface area contributed by atoms with Crippen LogP contribution in [0.15, 0.2) is 28.8 Å². The lowest BCUT2D eigenvalue weighted by Gasteiger charge is -2.27. The van der Waals surface area contributed by atoms with E-state index in [4.69, 9.17) is 4.84 Å². The van der Waals surface area contributed by atoms with Gasteiger partial charge in [0.25, 0.3) is 0 Å². The second kappa shape index (κ2) is 7.97. The number of benzene rings is 1. The molecule has 1 saturated carbocycles. The van der Waals surface area contributed by atoms with Crippen LogP contribution in [-0.4, -0.2) is 40.2 Å². The smallest absolute Gasteiger partial charge is 0.345 e. The summed E-state index contributed by atoms with van der Waals surface area (Å²) < 4.78 is 41.8. The highest BCUT2D eigenvalue weighted by Crippen LogP contribution is 2.29. The fraction of sp³-hybridized carbons (Fsp3) is 0.412. The molecule has 1 fully saturated rings. The Balaban J connectivity index is 1.64. The molecule has 1 heterocycles. The molecule has 1 aromatic carbocycles. The highest BCUT2D eigenvalue weighted by molar-refractivity contribution is 6.34. The molecule has 150 valence electrons. The molecule has 1 aliphatic carbocycles. The van der Waals surface area contributed by atoms with Gasteiger partial charge in [0.2, 0.25) is 5.82 Å². The van der Waals surface area contributed by atoms with Crippen molar-refractivity contribution in [2.24, 2.45) is 0 Å². The number of halogens is 3. The van der Waals surface area contributed by atoms with Gasteiger partial charge in [-0.3, -0.25) is 14.4 Å². The second-order valence-electron chi connectivity index (χ2n) is 6.24. The van der Waals surface area contributed by atoms with E-state index >= 15 is 0 Å². The van der Waals surface area contributed by atoms with Crippen molar-refractivity contribution in [1.82, 2.24) is 20.5 Å². The van der Waals surface area contributed by atoms with Gasteiger partial charge in [0.05, 0.1) is 13.7 Å². The van der Waals surface area contributed by atoms with Gasteiger partial charge in [-0.25, -0.2) is 5.06 Å². The SMILES string of the molecule is CON(Cc1ccc(-c2noc(C(F)(F)F)n2)cc1)C(=O)C(=O)NC1CCC1. The summed E-state index contributed by atoms with van der Waals surface area (Å²) in [6, 6.07) is 6.09. The van der Waals surface area contributed by atoms with E-state index in [2.05, 4.69) is 20.0 Å². The van der Waals surface area contributed by atoms with E-state index in [1.807, 2.05) is 0 Å². The normalized spacial score (nSPS) is 14.4. The van der Waals surface area contributed by atoms with Gasteiger partial charge in [-0.2, -0.15) is 18.2 Å². The third-order valence-corrected chi connectivity index (χ3v) is 4.29. The number of nitrogens with one attached hydrogen (secondary N) is 1. The van der Waals surface area contributed by atoms with Gasteiger partial charge >= 0.3 is 23.9 Å². The predicted molar refractivity (Wildman–Crippen MR) is 88.1 cm³/mol. The Kier molecular flexibility index (Phi) is 5.63. The van der Waals surface area contributed by atoms with Crippen LogP contribution in [0.5, 0.6) is 0 Å². The molecule has 2 aromatic rings. The zero-order valence-electron chi connectivity index (χ0n) is 14.8. The van der Waals surface area contributed by atoms with Gasteiger partial charge < -0.3 is 9.84 Å². The molecule has 0 spiro atoms. The average molecular weight is 398 g/mol. The summed E-state index contributed by atoms with van der Waals surface area (Å²) in [6.45, 7) is -0.0201. The number of rotatable bonds is 5. The molecule has 11 heteroatoms. The van der Waals surface area contributed by atoms with Crippen molar-refractivity contribution in [3.8, 4) is 11.4 Å². The Morgan fingerprint density at radius 3 is 2.46 bits per heavy atom. The van der Waals surface area contributed by atoms with Crippen LogP contribution in [0.25, 0.3) is 11.4 Å². The number of hydroxylamine groups is 2. The molecule has 3 rings (SSSR count). The van der Waals surface area contributed by atoms with Crippen LogP contribution in [0.4, 0.5) is 13.2 Å².